The van der Waals surface area contributed by atoms with Crippen molar-refractivity contribution >= 4 is 33.3 Å². The molecule has 0 atom stereocenters. The van der Waals surface area contributed by atoms with Crippen LogP contribution in [0.5, 0.6) is 5.75 Å². The normalized spacial score (nSPS) is 11.3. The van der Waals surface area contributed by atoms with E-state index >= 15 is 0 Å². The summed E-state index contributed by atoms with van der Waals surface area (Å²) in [5, 5.41) is 0.330. The van der Waals surface area contributed by atoms with Gasteiger partial charge in [0.1, 0.15) is 12.3 Å². The fourth-order valence-corrected chi connectivity index (χ4v) is 2.66. The van der Waals surface area contributed by atoms with Crippen LogP contribution in [0.2, 0.25) is 5.02 Å². The summed E-state index contributed by atoms with van der Waals surface area (Å²) in [6.45, 7) is 2.92. The van der Waals surface area contributed by atoms with Crippen molar-refractivity contribution in [1.29, 1.82) is 0 Å². The minimum absolute atomic E-state index is 0.188. The maximum atomic E-state index is 12.0. The molecule has 0 fully saturated rings. The molecule has 0 heterocycles. The number of rotatable bonds is 6. The van der Waals surface area contributed by atoms with Crippen LogP contribution in [-0.2, 0) is 19.6 Å². The van der Waals surface area contributed by atoms with Crippen molar-refractivity contribution < 1.29 is 22.7 Å². The highest BCUT2D eigenvalue weighted by Gasteiger charge is 2.25. The van der Waals surface area contributed by atoms with Gasteiger partial charge in [0.15, 0.2) is 0 Å². The van der Waals surface area contributed by atoms with Crippen LogP contribution < -0.4 is 9.04 Å². The Bertz CT molecular complexity index is 615. The molecule has 0 spiro atoms. The number of anilines is 1. The molecule has 0 bridgehead atoms. The van der Waals surface area contributed by atoms with Crippen molar-refractivity contribution in [1.82, 2.24) is 0 Å². The van der Waals surface area contributed by atoms with E-state index in [0.717, 1.165) is 10.6 Å². The predicted octanol–water partition coefficient (Wildman–Crippen LogP) is 2.07. The lowest BCUT2D eigenvalue weighted by Gasteiger charge is -2.24. The summed E-state index contributed by atoms with van der Waals surface area (Å²) in [4.78, 5) is 11.8. The predicted molar refractivity (Wildman–Crippen MR) is 81.4 cm³/mol. The number of hydrogen-bond acceptors (Lipinski definition) is 5. The lowest BCUT2D eigenvalue weighted by Crippen LogP contribution is -2.36. The lowest BCUT2D eigenvalue weighted by molar-refractivity contribution is -0.145. The Kier molecular flexibility index (Phi) is 5.86. The lowest BCUT2D eigenvalue weighted by atomic mass is 10.3. The smallest absolute Gasteiger partial charge is 0.327 e. The summed E-state index contributed by atoms with van der Waals surface area (Å²) in [5.74, 6) is -0.361. The van der Waals surface area contributed by atoms with Crippen LogP contribution in [-0.4, -0.2) is 40.4 Å². The van der Waals surface area contributed by atoms with Crippen LogP contribution >= 0.6 is 11.6 Å². The Morgan fingerprint density at radius 3 is 2.48 bits per heavy atom. The van der Waals surface area contributed by atoms with E-state index in [4.69, 9.17) is 21.1 Å². The molecular formula is C13H18ClNO5S. The van der Waals surface area contributed by atoms with E-state index in [9.17, 15) is 13.2 Å². The first-order valence-corrected chi connectivity index (χ1v) is 8.38. The number of ether oxygens (including phenoxy) is 2. The highest BCUT2D eigenvalue weighted by atomic mass is 35.5. The first-order valence-electron chi connectivity index (χ1n) is 6.16. The zero-order chi connectivity index (χ0) is 16.2. The van der Waals surface area contributed by atoms with Gasteiger partial charge in [0.25, 0.3) is 0 Å². The van der Waals surface area contributed by atoms with Crippen molar-refractivity contribution in [2.24, 2.45) is 0 Å². The van der Waals surface area contributed by atoms with Gasteiger partial charge in [-0.15, -0.1) is 0 Å². The molecular weight excluding hydrogens is 318 g/mol. The monoisotopic (exact) mass is 335 g/mol. The van der Waals surface area contributed by atoms with E-state index in [1.807, 2.05) is 0 Å². The molecule has 0 unspecified atom stereocenters. The Labute approximate surface area is 129 Å². The fraction of sp³-hybridized carbons (Fsp3) is 0.462. The molecule has 0 radical (unpaired) electrons. The van der Waals surface area contributed by atoms with Gasteiger partial charge in [-0.1, -0.05) is 11.6 Å². The van der Waals surface area contributed by atoms with E-state index in [2.05, 4.69) is 0 Å². The fourth-order valence-electron chi connectivity index (χ4n) is 1.66. The molecule has 0 saturated heterocycles. The number of esters is 1. The number of nitrogens with zero attached hydrogens (tertiary/aromatic N) is 1. The first-order chi connectivity index (χ1) is 9.65. The second-order valence-electron chi connectivity index (χ2n) is 4.62. The molecule has 0 aliphatic rings. The summed E-state index contributed by atoms with van der Waals surface area (Å²) >= 11 is 5.90. The zero-order valence-corrected chi connectivity index (χ0v) is 13.9. The van der Waals surface area contributed by atoms with Gasteiger partial charge in [0.2, 0.25) is 10.0 Å². The quantitative estimate of drug-likeness (QED) is 0.744. The van der Waals surface area contributed by atoms with Gasteiger partial charge in [0.05, 0.1) is 25.2 Å². The number of benzene rings is 1. The number of sulfonamides is 1. The third-order valence-corrected chi connectivity index (χ3v) is 3.81. The zero-order valence-electron chi connectivity index (χ0n) is 12.3. The maximum Gasteiger partial charge on any atom is 0.327 e. The van der Waals surface area contributed by atoms with E-state index in [0.29, 0.717) is 10.8 Å². The molecule has 0 saturated carbocycles. The van der Waals surface area contributed by atoms with Gasteiger partial charge in [-0.25, -0.2) is 8.42 Å². The molecule has 1 aromatic rings. The number of carbonyl (C=O) groups is 1. The van der Waals surface area contributed by atoms with Gasteiger partial charge in [0, 0.05) is 5.02 Å². The van der Waals surface area contributed by atoms with Gasteiger partial charge in [-0.3, -0.25) is 9.10 Å². The SMILES string of the molecule is COc1ccc(Cl)cc1N(CC(=O)OC(C)C)S(C)(=O)=O. The Morgan fingerprint density at radius 1 is 1.38 bits per heavy atom. The van der Waals surface area contributed by atoms with Crippen molar-refractivity contribution in [3.63, 3.8) is 0 Å². The van der Waals surface area contributed by atoms with Crippen LogP contribution in [0.4, 0.5) is 5.69 Å². The Morgan fingerprint density at radius 2 is 2.00 bits per heavy atom. The summed E-state index contributed by atoms with van der Waals surface area (Å²) in [6.07, 6.45) is 0.663. The van der Waals surface area contributed by atoms with Crippen LogP contribution in [0.1, 0.15) is 13.8 Å². The van der Waals surface area contributed by atoms with Gasteiger partial charge in [-0.2, -0.15) is 0 Å². The summed E-state index contributed by atoms with van der Waals surface area (Å²) < 4.78 is 34.9. The standard InChI is InChI=1S/C13H18ClNO5S/c1-9(2)20-13(16)8-15(21(4,17)18)11-7-10(14)5-6-12(11)19-3/h5-7,9H,8H2,1-4H3. The van der Waals surface area contributed by atoms with Gasteiger partial charge >= 0.3 is 5.97 Å². The molecule has 1 rings (SSSR count). The minimum Gasteiger partial charge on any atom is -0.495 e. The number of carbonyl (C=O) groups excluding carboxylic acids is 1. The molecule has 21 heavy (non-hydrogen) atoms. The van der Waals surface area contributed by atoms with Crippen molar-refractivity contribution in [2.75, 3.05) is 24.2 Å². The second-order valence-corrected chi connectivity index (χ2v) is 6.97. The van der Waals surface area contributed by atoms with E-state index in [1.165, 1.54) is 19.2 Å². The summed E-state index contributed by atoms with van der Waals surface area (Å²) in [6, 6.07) is 4.52. The summed E-state index contributed by atoms with van der Waals surface area (Å²) in [7, 11) is -2.30. The first kappa shape index (κ1) is 17.6. The molecule has 0 amide bonds. The number of halogens is 1. The molecule has 118 valence electrons. The second kappa shape index (κ2) is 7.00. The average molecular weight is 336 g/mol. The van der Waals surface area contributed by atoms with Crippen LogP contribution in [0.3, 0.4) is 0 Å². The van der Waals surface area contributed by atoms with E-state index < -0.39 is 22.5 Å². The third kappa shape index (κ3) is 5.09. The molecule has 0 aliphatic heterocycles. The van der Waals surface area contributed by atoms with Gasteiger partial charge in [-0.05, 0) is 32.0 Å². The van der Waals surface area contributed by atoms with Crippen LogP contribution in [0, 0.1) is 0 Å². The molecule has 0 N–H and O–H groups in total. The molecule has 0 aliphatic carbocycles. The van der Waals surface area contributed by atoms with Crippen molar-refractivity contribution in [3.8, 4) is 5.75 Å². The maximum absolute atomic E-state index is 12.0. The number of methoxy groups -OCH3 is 1. The van der Waals surface area contributed by atoms with Gasteiger partial charge < -0.3 is 9.47 Å². The van der Waals surface area contributed by atoms with E-state index in [1.54, 1.807) is 19.9 Å². The molecule has 8 heteroatoms. The average Bonchev–Trinajstić information content (AvgIpc) is 2.33. The van der Waals surface area contributed by atoms with Crippen molar-refractivity contribution in [2.45, 2.75) is 20.0 Å². The molecule has 1 aromatic carbocycles. The minimum atomic E-state index is -3.70. The van der Waals surface area contributed by atoms with Crippen LogP contribution in [0.15, 0.2) is 18.2 Å². The van der Waals surface area contributed by atoms with Crippen molar-refractivity contribution in [3.05, 3.63) is 23.2 Å². The Balaban J connectivity index is 3.21. The highest BCUT2D eigenvalue weighted by Crippen LogP contribution is 2.32. The molecule has 0 aromatic heterocycles. The van der Waals surface area contributed by atoms with Crippen LogP contribution in [0.25, 0.3) is 0 Å². The Hall–Kier alpha value is -1.47. The third-order valence-electron chi connectivity index (χ3n) is 2.45. The highest BCUT2D eigenvalue weighted by molar-refractivity contribution is 7.92. The largest absolute Gasteiger partial charge is 0.495 e. The van der Waals surface area contributed by atoms with E-state index in [-0.39, 0.29) is 11.8 Å². The topological polar surface area (TPSA) is 72.9 Å². The number of hydrogen-bond donors (Lipinski definition) is 0. The molecule has 6 nitrogen and oxygen atoms in total. The summed E-state index contributed by atoms with van der Waals surface area (Å²) in [5.41, 5.74) is 0.188.